The molecule has 0 aromatic heterocycles. The molecule has 2 saturated heterocycles. The highest BCUT2D eigenvalue weighted by Crippen LogP contribution is 2.40. The molecule has 3 fully saturated rings. The summed E-state index contributed by atoms with van der Waals surface area (Å²) in [6.07, 6.45) is -1.27. The highest BCUT2D eigenvalue weighted by atomic mass is 19.4. The van der Waals surface area contributed by atoms with Crippen LogP contribution in [0.2, 0.25) is 0 Å². The summed E-state index contributed by atoms with van der Waals surface area (Å²) >= 11 is 0. The van der Waals surface area contributed by atoms with Crippen LogP contribution in [0.4, 0.5) is 18.9 Å². The summed E-state index contributed by atoms with van der Waals surface area (Å²) in [7, 11) is 0. The lowest BCUT2D eigenvalue weighted by molar-refractivity contribution is -0.140. The second-order valence-corrected chi connectivity index (χ2v) is 11.1. The zero-order valence-electron chi connectivity index (χ0n) is 21.4. The van der Waals surface area contributed by atoms with E-state index in [1.807, 2.05) is 6.07 Å². The number of carbonyl (C=O) groups is 3. The molecule has 206 valence electrons. The number of imide groups is 1. The first-order valence-corrected chi connectivity index (χ1v) is 13.5. The number of hydrogen-bond acceptors (Lipinski definition) is 5. The predicted octanol–water partition coefficient (Wildman–Crippen LogP) is 4.19. The summed E-state index contributed by atoms with van der Waals surface area (Å²) in [5, 5.41) is 11.1. The van der Waals surface area contributed by atoms with Crippen LogP contribution in [-0.4, -0.2) is 64.8 Å². The molecular weight excluding hydrogens is 511 g/mol. The lowest BCUT2D eigenvalue weighted by atomic mass is 9.83. The largest absolute Gasteiger partial charge is 0.416 e. The quantitative estimate of drug-likeness (QED) is 0.588. The summed E-state index contributed by atoms with van der Waals surface area (Å²) < 4.78 is 39.5. The number of anilines is 1. The van der Waals surface area contributed by atoms with E-state index in [0.717, 1.165) is 30.7 Å². The smallest absolute Gasteiger partial charge is 0.385 e. The minimum Gasteiger partial charge on any atom is -0.385 e. The van der Waals surface area contributed by atoms with Gasteiger partial charge in [-0.05, 0) is 68.4 Å². The normalized spacial score (nSPS) is 21.9. The number of benzene rings is 2. The Morgan fingerprint density at radius 3 is 2.21 bits per heavy atom. The van der Waals surface area contributed by atoms with Gasteiger partial charge in [-0.15, -0.1) is 0 Å². The van der Waals surface area contributed by atoms with Gasteiger partial charge in [0.25, 0.3) is 11.8 Å². The van der Waals surface area contributed by atoms with E-state index in [-0.39, 0.29) is 61.2 Å². The third kappa shape index (κ3) is 4.58. The number of piperidine rings is 2. The van der Waals surface area contributed by atoms with Gasteiger partial charge < -0.3 is 14.9 Å². The second kappa shape index (κ2) is 9.36. The maximum atomic E-state index is 13.3. The van der Waals surface area contributed by atoms with Crippen LogP contribution < -0.4 is 4.90 Å². The Morgan fingerprint density at radius 1 is 0.897 bits per heavy atom. The van der Waals surface area contributed by atoms with E-state index in [1.165, 1.54) is 17.0 Å². The Bertz CT molecular complexity index is 1320. The van der Waals surface area contributed by atoms with Crippen molar-refractivity contribution in [2.24, 2.45) is 5.92 Å². The average molecular weight is 542 g/mol. The molecule has 0 radical (unpaired) electrons. The summed E-state index contributed by atoms with van der Waals surface area (Å²) in [6.45, 7) is 1.68. The summed E-state index contributed by atoms with van der Waals surface area (Å²) in [5.74, 6) is -0.671. The van der Waals surface area contributed by atoms with Crippen molar-refractivity contribution < 1.29 is 32.7 Å². The van der Waals surface area contributed by atoms with E-state index >= 15 is 0 Å². The van der Waals surface area contributed by atoms with Crippen LogP contribution in [0, 0.1) is 5.92 Å². The molecule has 6 rings (SSSR count). The van der Waals surface area contributed by atoms with Crippen LogP contribution >= 0.6 is 0 Å². The number of hydrogen-bond donors (Lipinski definition) is 1. The SMILES string of the molecule is O=C(C1CCN(c2cccc3c2C(=O)N(C2CC2)C3=O)CC1)N1CCC(O)(c2cccc(C(F)(F)F)c2)CC1. The molecule has 0 bridgehead atoms. The number of carbonyl (C=O) groups excluding carboxylic acids is 3. The summed E-state index contributed by atoms with van der Waals surface area (Å²) in [5.41, 5.74) is -0.333. The van der Waals surface area contributed by atoms with Gasteiger partial charge in [-0.3, -0.25) is 19.3 Å². The van der Waals surface area contributed by atoms with Crippen molar-refractivity contribution in [3.05, 3.63) is 64.7 Å². The van der Waals surface area contributed by atoms with Crippen LogP contribution in [0.15, 0.2) is 42.5 Å². The summed E-state index contributed by atoms with van der Waals surface area (Å²) in [4.78, 5) is 44.4. The monoisotopic (exact) mass is 541 g/mol. The minimum atomic E-state index is -4.49. The molecule has 3 heterocycles. The molecule has 4 aliphatic rings. The topological polar surface area (TPSA) is 81.2 Å². The molecule has 1 N–H and O–H groups in total. The van der Waals surface area contributed by atoms with Crippen LogP contribution in [-0.2, 0) is 16.6 Å². The molecule has 0 unspecified atom stereocenters. The van der Waals surface area contributed by atoms with Gasteiger partial charge >= 0.3 is 6.18 Å². The highest BCUT2D eigenvalue weighted by Gasteiger charge is 2.46. The van der Waals surface area contributed by atoms with Crippen molar-refractivity contribution in [2.75, 3.05) is 31.1 Å². The standard InChI is InChI=1S/C29H30F3N3O4/c30-29(31,32)20-4-1-3-19(17-20)28(39)11-15-34(16-12-28)25(36)18-9-13-33(14-10-18)23-6-2-5-22-24(23)27(38)35(26(22)37)21-7-8-21/h1-6,17-18,21,39H,7-16H2. The van der Waals surface area contributed by atoms with Gasteiger partial charge in [-0.25, -0.2) is 0 Å². The highest BCUT2D eigenvalue weighted by molar-refractivity contribution is 6.24. The van der Waals surface area contributed by atoms with E-state index in [9.17, 15) is 32.7 Å². The van der Waals surface area contributed by atoms with Gasteiger partial charge in [0.2, 0.25) is 5.91 Å². The third-order valence-corrected chi connectivity index (χ3v) is 8.65. The first-order chi connectivity index (χ1) is 18.6. The van der Waals surface area contributed by atoms with E-state index in [4.69, 9.17) is 0 Å². The molecule has 2 aromatic carbocycles. The number of likely N-dealkylation sites (tertiary alicyclic amines) is 1. The number of aliphatic hydroxyl groups is 1. The van der Waals surface area contributed by atoms with Crippen LogP contribution in [0.3, 0.4) is 0 Å². The maximum absolute atomic E-state index is 13.3. The first-order valence-electron chi connectivity index (χ1n) is 13.5. The molecule has 3 aliphatic heterocycles. The van der Waals surface area contributed by atoms with Crippen molar-refractivity contribution in [1.29, 1.82) is 0 Å². The number of nitrogens with zero attached hydrogens (tertiary/aromatic N) is 3. The van der Waals surface area contributed by atoms with Crippen molar-refractivity contribution in [2.45, 2.75) is 56.3 Å². The fourth-order valence-electron chi connectivity index (χ4n) is 6.21. The lowest BCUT2D eigenvalue weighted by Crippen LogP contribution is -2.49. The molecule has 0 spiro atoms. The van der Waals surface area contributed by atoms with Crippen molar-refractivity contribution >= 4 is 23.4 Å². The van der Waals surface area contributed by atoms with E-state index in [2.05, 4.69) is 4.90 Å². The molecular formula is C29H30F3N3O4. The fraction of sp³-hybridized carbons (Fsp3) is 0.483. The molecule has 2 aromatic rings. The molecule has 1 saturated carbocycles. The van der Waals surface area contributed by atoms with Crippen molar-refractivity contribution in [1.82, 2.24) is 9.80 Å². The van der Waals surface area contributed by atoms with E-state index in [1.54, 1.807) is 17.0 Å². The predicted molar refractivity (Wildman–Crippen MR) is 136 cm³/mol. The van der Waals surface area contributed by atoms with E-state index < -0.39 is 17.3 Å². The van der Waals surface area contributed by atoms with Gasteiger partial charge in [-0.2, -0.15) is 13.2 Å². The third-order valence-electron chi connectivity index (χ3n) is 8.65. The number of alkyl halides is 3. The Balaban J connectivity index is 1.08. The molecule has 1 aliphatic carbocycles. The van der Waals surface area contributed by atoms with Gasteiger partial charge in [0.1, 0.15) is 0 Å². The lowest BCUT2D eigenvalue weighted by Gasteiger charge is -2.41. The summed E-state index contributed by atoms with van der Waals surface area (Å²) in [6, 6.07) is 10.2. The minimum absolute atomic E-state index is 0.00406. The van der Waals surface area contributed by atoms with Crippen molar-refractivity contribution in [3.8, 4) is 0 Å². The van der Waals surface area contributed by atoms with Crippen LogP contribution in [0.5, 0.6) is 0 Å². The average Bonchev–Trinajstić information content (AvgIpc) is 3.74. The van der Waals surface area contributed by atoms with Crippen LogP contribution in [0.25, 0.3) is 0 Å². The Morgan fingerprint density at radius 2 is 1.56 bits per heavy atom. The van der Waals surface area contributed by atoms with Crippen LogP contribution in [0.1, 0.15) is 70.4 Å². The van der Waals surface area contributed by atoms with Gasteiger partial charge in [-0.1, -0.05) is 18.2 Å². The zero-order chi connectivity index (χ0) is 27.5. The number of rotatable bonds is 4. The molecule has 10 heteroatoms. The van der Waals surface area contributed by atoms with Gasteiger partial charge in [0.15, 0.2) is 0 Å². The molecule has 39 heavy (non-hydrogen) atoms. The number of halogens is 3. The molecule has 3 amide bonds. The second-order valence-electron chi connectivity index (χ2n) is 11.1. The van der Waals surface area contributed by atoms with Gasteiger partial charge in [0, 0.05) is 38.1 Å². The first kappa shape index (κ1) is 25.9. The maximum Gasteiger partial charge on any atom is 0.416 e. The number of amides is 3. The van der Waals surface area contributed by atoms with E-state index in [0.29, 0.717) is 37.1 Å². The number of fused-ring (bicyclic) bond motifs is 1. The van der Waals surface area contributed by atoms with Gasteiger partial charge in [0.05, 0.1) is 28.0 Å². The fourth-order valence-corrected chi connectivity index (χ4v) is 6.21. The Labute approximate surface area is 224 Å². The molecule has 0 atom stereocenters. The zero-order valence-corrected chi connectivity index (χ0v) is 21.4. The Kier molecular flexibility index (Phi) is 6.21. The van der Waals surface area contributed by atoms with Crippen molar-refractivity contribution in [3.63, 3.8) is 0 Å². The molecule has 7 nitrogen and oxygen atoms in total. The Hall–Kier alpha value is -3.40.